The average Bonchev–Trinajstić information content (AvgIpc) is 2.18. The zero-order chi connectivity index (χ0) is 9.15. The van der Waals surface area contributed by atoms with Crippen LogP contribution in [0, 0.1) is 5.92 Å². The van der Waals surface area contributed by atoms with E-state index < -0.39 is 0 Å². The summed E-state index contributed by atoms with van der Waals surface area (Å²) >= 11 is 0. The normalized spacial score (nSPS) is 39.2. The molecule has 2 heteroatoms. The maximum Gasteiger partial charge on any atom is 0.207 e. The van der Waals surface area contributed by atoms with Crippen LogP contribution in [0.5, 0.6) is 0 Å². The van der Waals surface area contributed by atoms with Gasteiger partial charge in [-0.25, -0.2) is 0 Å². The van der Waals surface area contributed by atoms with Crippen LogP contribution in [-0.2, 0) is 4.79 Å². The number of carbonyl (C=O) groups excluding carboxylic acids is 1. The monoisotopic (exact) mass is 181 g/mol. The van der Waals surface area contributed by atoms with Crippen LogP contribution in [0.4, 0.5) is 0 Å². The van der Waals surface area contributed by atoms with Gasteiger partial charge in [-0.2, -0.15) is 0 Å². The van der Waals surface area contributed by atoms with Crippen LogP contribution in [0.3, 0.4) is 0 Å². The van der Waals surface area contributed by atoms with Crippen LogP contribution < -0.4 is 5.32 Å². The molecule has 0 aromatic heterocycles. The van der Waals surface area contributed by atoms with Crippen LogP contribution in [0.2, 0.25) is 0 Å². The van der Waals surface area contributed by atoms with Gasteiger partial charge in [-0.1, -0.05) is 25.7 Å². The van der Waals surface area contributed by atoms with Crippen molar-refractivity contribution < 1.29 is 4.79 Å². The first kappa shape index (κ1) is 9.04. The minimum Gasteiger partial charge on any atom is -0.353 e. The molecular formula is C11H19NO. The summed E-state index contributed by atoms with van der Waals surface area (Å²) < 4.78 is 0. The molecule has 2 aliphatic carbocycles. The standard InChI is InChI=1S/C11H19NO/c13-9-12-11-7-3-1-5-10(11)6-2-4-8-11/h9-10H,1-8H2,(H,12,13). The Morgan fingerprint density at radius 2 is 1.69 bits per heavy atom. The van der Waals surface area contributed by atoms with E-state index in [1.165, 1.54) is 51.4 Å². The number of fused-ring (bicyclic) bond motifs is 1. The quantitative estimate of drug-likeness (QED) is 0.650. The lowest BCUT2D eigenvalue weighted by molar-refractivity contribution is -0.113. The fourth-order valence-corrected chi connectivity index (χ4v) is 3.27. The number of hydrogen-bond acceptors (Lipinski definition) is 1. The van der Waals surface area contributed by atoms with E-state index in [0.717, 1.165) is 12.3 Å². The summed E-state index contributed by atoms with van der Waals surface area (Å²) in [6.45, 7) is 0. The molecule has 0 unspecified atom stereocenters. The van der Waals surface area contributed by atoms with Crippen LogP contribution in [-0.4, -0.2) is 11.9 Å². The predicted octanol–water partition coefficient (Wildman–Crippen LogP) is 2.24. The third kappa shape index (κ3) is 1.59. The van der Waals surface area contributed by atoms with Gasteiger partial charge in [0.05, 0.1) is 0 Å². The minimum atomic E-state index is 0.207. The zero-order valence-electron chi connectivity index (χ0n) is 8.22. The van der Waals surface area contributed by atoms with E-state index in [1.807, 2.05) is 0 Å². The van der Waals surface area contributed by atoms with Gasteiger partial charge in [0.15, 0.2) is 0 Å². The molecule has 1 amide bonds. The number of nitrogens with one attached hydrogen (secondary N) is 1. The molecule has 2 aliphatic rings. The third-order valence-electron chi connectivity index (χ3n) is 3.98. The van der Waals surface area contributed by atoms with Crippen molar-refractivity contribution in [1.29, 1.82) is 0 Å². The Morgan fingerprint density at radius 1 is 1.08 bits per heavy atom. The molecule has 2 nitrogen and oxygen atoms in total. The van der Waals surface area contributed by atoms with Crippen molar-refractivity contribution in [3.8, 4) is 0 Å². The fourth-order valence-electron chi connectivity index (χ4n) is 3.27. The van der Waals surface area contributed by atoms with Gasteiger partial charge >= 0.3 is 0 Å². The molecule has 0 aliphatic heterocycles. The highest BCUT2D eigenvalue weighted by Crippen LogP contribution is 2.43. The number of rotatable bonds is 2. The summed E-state index contributed by atoms with van der Waals surface area (Å²) in [6, 6.07) is 0. The molecule has 74 valence electrons. The average molecular weight is 181 g/mol. The summed E-state index contributed by atoms with van der Waals surface area (Å²) in [5, 5.41) is 3.12. The highest BCUT2D eigenvalue weighted by Gasteiger charge is 2.41. The molecule has 13 heavy (non-hydrogen) atoms. The second-order valence-electron chi connectivity index (χ2n) is 4.61. The van der Waals surface area contributed by atoms with Gasteiger partial charge in [0, 0.05) is 5.54 Å². The SMILES string of the molecule is O=CNC12CCCCC1CCCC2. The largest absolute Gasteiger partial charge is 0.353 e. The van der Waals surface area contributed by atoms with E-state index in [1.54, 1.807) is 0 Å². The Bertz CT molecular complexity index is 179. The number of carbonyl (C=O) groups is 1. The van der Waals surface area contributed by atoms with Crippen LogP contribution >= 0.6 is 0 Å². The van der Waals surface area contributed by atoms with Crippen molar-refractivity contribution >= 4 is 6.41 Å². The van der Waals surface area contributed by atoms with E-state index in [-0.39, 0.29) is 5.54 Å². The lowest BCUT2D eigenvalue weighted by atomic mass is 9.65. The zero-order valence-corrected chi connectivity index (χ0v) is 8.22. The molecule has 0 spiro atoms. The van der Waals surface area contributed by atoms with Crippen molar-refractivity contribution in [2.75, 3.05) is 0 Å². The summed E-state index contributed by atoms with van der Waals surface area (Å²) in [6.07, 6.45) is 11.4. The first-order valence-corrected chi connectivity index (χ1v) is 5.59. The number of amides is 1. The van der Waals surface area contributed by atoms with Crippen molar-refractivity contribution in [3.05, 3.63) is 0 Å². The Kier molecular flexibility index (Phi) is 2.56. The highest BCUT2D eigenvalue weighted by molar-refractivity contribution is 5.48. The Labute approximate surface area is 80.1 Å². The molecule has 0 heterocycles. The fraction of sp³-hybridized carbons (Fsp3) is 0.909. The summed E-state index contributed by atoms with van der Waals surface area (Å²) in [7, 11) is 0. The lowest BCUT2D eigenvalue weighted by Gasteiger charge is -2.47. The second-order valence-corrected chi connectivity index (χ2v) is 4.61. The molecule has 0 aromatic carbocycles. The van der Waals surface area contributed by atoms with Gasteiger partial charge < -0.3 is 5.32 Å². The first-order valence-electron chi connectivity index (χ1n) is 5.59. The topological polar surface area (TPSA) is 29.1 Å². The Morgan fingerprint density at radius 3 is 2.23 bits per heavy atom. The van der Waals surface area contributed by atoms with Gasteiger partial charge in [0.2, 0.25) is 6.41 Å². The van der Waals surface area contributed by atoms with Crippen LogP contribution in [0.15, 0.2) is 0 Å². The van der Waals surface area contributed by atoms with Gasteiger partial charge in [0.25, 0.3) is 0 Å². The predicted molar refractivity (Wildman–Crippen MR) is 52.4 cm³/mol. The number of hydrogen-bond donors (Lipinski definition) is 1. The first-order chi connectivity index (χ1) is 6.37. The van der Waals surface area contributed by atoms with Gasteiger partial charge in [-0.3, -0.25) is 4.79 Å². The molecule has 2 fully saturated rings. The summed E-state index contributed by atoms with van der Waals surface area (Å²) in [5.74, 6) is 0.778. The molecule has 0 saturated heterocycles. The van der Waals surface area contributed by atoms with Crippen molar-refractivity contribution in [1.82, 2.24) is 5.32 Å². The van der Waals surface area contributed by atoms with E-state index in [2.05, 4.69) is 5.32 Å². The van der Waals surface area contributed by atoms with Gasteiger partial charge in [-0.05, 0) is 31.6 Å². The summed E-state index contributed by atoms with van der Waals surface area (Å²) in [5.41, 5.74) is 0.207. The maximum absolute atomic E-state index is 10.6. The molecule has 0 aromatic rings. The minimum absolute atomic E-state index is 0.207. The molecule has 0 radical (unpaired) electrons. The van der Waals surface area contributed by atoms with Gasteiger partial charge in [-0.15, -0.1) is 0 Å². The third-order valence-corrected chi connectivity index (χ3v) is 3.98. The highest BCUT2D eigenvalue weighted by atomic mass is 16.1. The maximum atomic E-state index is 10.6. The van der Waals surface area contributed by atoms with Crippen LogP contribution in [0.1, 0.15) is 51.4 Å². The molecule has 0 bridgehead atoms. The van der Waals surface area contributed by atoms with E-state index >= 15 is 0 Å². The van der Waals surface area contributed by atoms with E-state index in [0.29, 0.717) is 0 Å². The van der Waals surface area contributed by atoms with Crippen molar-refractivity contribution in [3.63, 3.8) is 0 Å². The molecule has 1 N–H and O–H groups in total. The van der Waals surface area contributed by atoms with E-state index in [9.17, 15) is 4.79 Å². The van der Waals surface area contributed by atoms with Crippen molar-refractivity contribution in [2.45, 2.75) is 56.9 Å². The Balaban J connectivity index is 2.11. The van der Waals surface area contributed by atoms with Crippen LogP contribution in [0.25, 0.3) is 0 Å². The summed E-state index contributed by atoms with van der Waals surface area (Å²) in [4.78, 5) is 10.6. The van der Waals surface area contributed by atoms with Gasteiger partial charge in [0.1, 0.15) is 0 Å². The van der Waals surface area contributed by atoms with Crippen molar-refractivity contribution in [2.24, 2.45) is 5.92 Å². The molecular weight excluding hydrogens is 162 g/mol. The second kappa shape index (κ2) is 3.69. The molecule has 2 saturated carbocycles. The molecule has 0 atom stereocenters. The molecule has 2 rings (SSSR count). The lowest BCUT2D eigenvalue weighted by Crippen LogP contribution is -2.54. The Hall–Kier alpha value is -0.530. The van der Waals surface area contributed by atoms with E-state index in [4.69, 9.17) is 0 Å². The smallest absolute Gasteiger partial charge is 0.207 e.